The lowest BCUT2D eigenvalue weighted by Crippen LogP contribution is -1.97. The van der Waals surface area contributed by atoms with Gasteiger partial charge in [-0.2, -0.15) is 0 Å². The number of hydrogen-bond acceptors (Lipinski definition) is 6. The van der Waals surface area contributed by atoms with Crippen LogP contribution in [0.25, 0.3) is 0 Å². The smallest absolute Gasteiger partial charge is 0.349 e. The Kier molecular flexibility index (Phi) is 2.26. The van der Waals surface area contributed by atoms with E-state index in [0.29, 0.717) is 11.1 Å². The molecule has 2 heterocycles. The van der Waals surface area contributed by atoms with E-state index in [1.54, 1.807) is 12.4 Å². The Morgan fingerprint density at radius 3 is 3.00 bits per heavy atom. The van der Waals surface area contributed by atoms with Gasteiger partial charge in [-0.3, -0.25) is 0 Å². The number of anilines is 3. The Morgan fingerprint density at radius 1 is 1.67 bits per heavy atom. The second-order valence-corrected chi connectivity index (χ2v) is 3.60. The van der Waals surface area contributed by atoms with Crippen molar-refractivity contribution in [3.63, 3.8) is 0 Å². The van der Waals surface area contributed by atoms with Crippen LogP contribution in [0.15, 0.2) is 12.4 Å². The van der Waals surface area contributed by atoms with E-state index in [1.807, 2.05) is 0 Å². The van der Waals surface area contributed by atoms with E-state index in [2.05, 4.69) is 20.3 Å². The van der Waals surface area contributed by atoms with Gasteiger partial charge in [0.15, 0.2) is 15.8 Å². The molecule has 0 saturated heterocycles. The Bertz CT molecular complexity index is 478. The van der Waals surface area contributed by atoms with Crippen molar-refractivity contribution >= 4 is 34.2 Å². The largest absolute Gasteiger partial charge is 0.477 e. The molecule has 2 aromatic heterocycles. The summed E-state index contributed by atoms with van der Waals surface area (Å²) in [4.78, 5) is 21.3. The number of carboxylic acids is 1. The second kappa shape index (κ2) is 3.58. The number of nitrogens with zero attached hydrogens (tertiary/aromatic N) is 2. The average Bonchev–Trinajstić information content (AvgIpc) is 2.75. The van der Waals surface area contributed by atoms with E-state index in [0.717, 1.165) is 11.3 Å². The van der Waals surface area contributed by atoms with Gasteiger partial charge < -0.3 is 21.1 Å². The van der Waals surface area contributed by atoms with Gasteiger partial charge in [0.2, 0.25) is 5.95 Å². The van der Waals surface area contributed by atoms with Crippen LogP contribution in [0.4, 0.5) is 16.9 Å². The summed E-state index contributed by atoms with van der Waals surface area (Å²) < 4.78 is 0. The second-order valence-electron chi connectivity index (χ2n) is 2.60. The van der Waals surface area contributed by atoms with Crippen LogP contribution in [0, 0.1) is 0 Å². The Morgan fingerprint density at radius 2 is 2.47 bits per heavy atom. The van der Waals surface area contributed by atoms with Crippen LogP contribution in [0.3, 0.4) is 0 Å². The summed E-state index contributed by atoms with van der Waals surface area (Å²) in [5.74, 6) is -0.597. The monoisotopic (exact) mass is 225 g/mol. The first-order chi connectivity index (χ1) is 7.16. The van der Waals surface area contributed by atoms with Gasteiger partial charge in [0.1, 0.15) is 0 Å². The first-order valence-corrected chi connectivity index (χ1v) is 4.74. The van der Waals surface area contributed by atoms with Gasteiger partial charge in [-0.25, -0.2) is 14.8 Å². The highest BCUT2D eigenvalue weighted by atomic mass is 32.1. The zero-order chi connectivity index (χ0) is 10.8. The summed E-state index contributed by atoms with van der Waals surface area (Å²) in [5.41, 5.74) is 5.42. The lowest BCUT2D eigenvalue weighted by atomic mass is 10.5. The van der Waals surface area contributed by atoms with Gasteiger partial charge in [-0.05, 0) is 0 Å². The molecule has 15 heavy (non-hydrogen) atoms. The molecular weight excluding hydrogens is 218 g/mol. The number of aromatic amines is 1. The third kappa shape index (κ3) is 1.89. The van der Waals surface area contributed by atoms with Crippen molar-refractivity contribution in [3.05, 3.63) is 17.3 Å². The van der Waals surface area contributed by atoms with Crippen molar-refractivity contribution in [3.8, 4) is 0 Å². The van der Waals surface area contributed by atoms with Crippen LogP contribution in [0.5, 0.6) is 0 Å². The van der Waals surface area contributed by atoms with E-state index in [9.17, 15) is 4.79 Å². The Labute approximate surface area is 88.0 Å². The zero-order valence-corrected chi connectivity index (χ0v) is 8.21. The number of carbonyl (C=O) groups is 1. The van der Waals surface area contributed by atoms with Gasteiger partial charge in [0, 0.05) is 12.4 Å². The molecule has 0 aromatic carbocycles. The number of imidazole rings is 1. The molecule has 5 N–H and O–H groups in total. The van der Waals surface area contributed by atoms with E-state index in [4.69, 9.17) is 10.8 Å². The van der Waals surface area contributed by atoms with E-state index in [-0.39, 0.29) is 10.7 Å². The van der Waals surface area contributed by atoms with Crippen molar-refractivity contribution in [2.75, 3.05) is 11.1 Å². The molecular formula is C7H7N5O2S. The van der Waals surface area contributed by atoms with Crippen LogP contribution in [0.1, 0.15) is 9.67 Å². The molecule has 2 rings (SSSR count). The third-order valence-electron chi connectivity index (χ3n) is 1.57. The van der Waals surface area contributed by atoms with E-state index in [1.165, 1.54) is 0 Å². The number of H-pyrrole nitrogens is 1. The maximum Gasteiger partial charge on any atom is 0.349 e. The van der Waals surface area contributed by atoms with Crippen LogP contribution < -0.4 is 11.1 Å². The molecule has 0 aliphatic carbocycles. The summed E-state index contributed by atoms with van der Waals surface area (Å²) >= 11 is 0.959. The van der Waals surface area contributed by atoms with Gasteiger partial charge in [-0.1, -0.05) is 11.3 Å². The predicted octanol–water partition coefficient (Wildman–Crippen LogP) is 0.890. The number of rotatable bonds is 3. The number of thiazole rings is 1. The zero-order valence-electron chi connectivity index (χ0n) is 7.39. The molecule has 0 amide bonds. The number of aromatic carboxylic acids is 1. The summed E-state index contributed by atoms with van der Waals surface area (Å²) in [7, 11) is 0. The van der Waals surface area contributed by atoms with Crippen molar-refractivity contribution in [1.82, 2.24) is 15.0 Å². The fraction of sp³-hybridized carbons (Fsp3) is 0. The Balaban J connectivity index is 2.23. The quantitative estimate of drug-likeness (QED) is 0.616. The number of hydrogen-bond donors (Lipinski definition) is 4. The highest BCUT2D eigenvalue weighted by Crippen LogP contribution is 2.26. The molecule has 0 fully saturated rings. The van der Waals surface area contributed by atoms with Crippen molar-refractivity contribution in [2.24, 2.45) is 0 Å². The lowest BCUT2D eigenvalue weighted by molar-refractivity contribution is 0.0703. The van der Waals surface area contributed by atoms with Gasteiger partial charge in [0.25, 0.3) is 0 Å². The molecule has 78 valence electrons. The third-order valence-corrected chi connectivity index (χ3v) is 2.55. The first-order valence-electron chi connectivity index (χ1n) is 3.93. The number of nitrogens with one attached hydrogen (secondary N) is 2. The maximum atomic E-state index is 10.7. The highest BCUT2D eigenvalue weighted by molar-refractivity contribution is 7.18. The van der Waals surface area contributed by atoms with Gasteiger partial charge in [-0.15, -0.1) is 0 Å². The molecule has 2 aromatic rings. The number of nitrogens with two attached hydrogens (primary N) is 1. The topological polar surface area (TPSA) is 117 Å². The predicted molar refractivity (Wildman–Crippen MR) is 55.4 cm³/mol. The molecule has 0 saturated carbocycles. The summed E-state index contributed by atoms with van der Waals surface area (Å²) in [6.45, 7) is 0. The molecule has 0 atom stereocenters. The van der Waals surface area contributed by atoms with Gasteiger partial charge >= 0.3 is 5.97 Å². The number of aromatic nitrogens is 3. The fourth-order valence-corrected chi connectivity index (χ4v) is 1.70. The molecule has 0 bridgehead atoms. The molecule has 0 aliphatic rings. The maximum absolute atomic E-state index is 10.7. The lowest BCUT2D eigenvalue weighted by Gasteiger charge is -1.94. The molecule has 0 radical (unpaired) electrons. The highest BCUT2D eigenvalue weighted by Gasteiger charge is 2.15. The summed E-state index contributed by atoms with van der Waals surface area (Å²) in [5, 5.41) is 11.9. The number of nitrogen functional groups attached to an aromatic ring is 1. The molecule has 0 unspecified atom stereocenters. The number of carboxylic acid groups (broad SMARTS) is 1. The van der Waals surface area contributed by atoms with Crippen LogP contribution in [-0.2, 0) is 0 Å². The molecule has 0 spiro atoms. The minimum absolute atomic E-state index is 0.00144. The normalized spacial score (nSPS) is 10.1. The Hall–Kier alpha value is -2.09. The van der Waals surface area contributed by atoms with Gasteiger partial charge in [0.05, 0.1) is 0 Å². The van der Waals surface area contributed by atoms with Crippen LogP contribution in [-0.4, -0.2) is 26.0 Å². The minimum Gasteiger partial charge on any atom is -0.477 e. The standard InChI is InChI=1S/C7H7N5O2S/c8-4-3(5(13)14)15-7(11-4)12-6-9-1-2-10-6/h1-2H,8H2,(H,13,14)(H2,9,10,11,12). The molecule has 7 nitrogen and oxygen atoms in total. The SMILES string of the molecule is Nc1nc(Nc2ncc[nH]2)sc1C(=O)O. The summed E-state index contributed by atoms with van der Waals surface area (Å²) in [6, 6.07) is 0. The van der Waals surface area contributed by atoms with Crippen molar-refractivity contribution in [2.45, 2.75) is 0 Å². The van der Waals surface area contributed by atoms with Crippen molar-refractivity contribution in [1.29, 1.82) is 0 Å². The summed E-state index contributed by atoms with van der Waals surface area (Å²) in [6.07, 6.45) is 3.20. The van der Waals surface area contributed by atoms with Crippen LogP contribution in [0.2, 0.25) is 0 Å². The fourth-order valence-electron chi connectivity index (χ4n) is 0.974. The molecule has 0 aliphatic heterocycles. The minimum atomic E-state index is -1.09. The first kappa shape index (κ1) is 9.46. The molecule has 8 heteroatoms. The van der Waals surface area contributed by atoms with Crippen LogP contribution >= 0.6 is 11.3 Å². The average molecular weight is 225 g/mol. The van der Waals surface area contributed by atoms with E-state index >= 15 is 0 Å². The van der Waals surface area contributed by atoms with Crippen molar-refractivity contribution < 1.29 is 9.90 Å². The van der Waals surface area contributed by atoms with E-state index < -0.39 is 5.97 Å².